The second kappa shape index (κ2) is 8.16. The summed E-state index contributed by atoms with van der Waals surface area (Å²) >= 11 is 0. The maximum absolute atomic E-state index is 12.7. The van der Waals surface area contributed by atoms with Crippen molar-refractivity contribution in [2.75, 3.05) is 7.11 Å². The molecule has 0 aliphatic heterocycles. The summed E-state index contributed by atoms with van der Waals surface area (Å²) in [6.45, 7) is 8.49. The van der Waals surface area contributed by atoms with Crippen molar-refractivity contribution in [3.63, 3.8) is 0 Å². The lowest BCUT2D eigenvalue weighted by atomic mass is 10.0. The van der Waals surface area contributed by atoms with Crippen molar-refractivity contribution in [1.29, 1.82) is 0 Å². The second-order valence-corrected chi connectivity index (χ2v) is 6.42. The summed E-state index contributed by atoms with van der Waals surface area (Å²) in [5.41, 5.74) is 2.05. The molecule has 0 saturated carbocycles. The van der Waals surface area contributed by atoms with Gasteiger partial charge in [-0.15, -0.1) is 0 Å². The van der Waals surface area contributed by atoms with Crippen LogP contribution in [0.2, 0.25) is 0 Å². The Balaban J connectivity index is 2.12. The lowest BCUT2D eigenvalue weighted by Crippen LogP contribution is -2.37. The molecule has 2 atom stereocenters. The van der Waals surface area contributed by atoms with Gasteiger partial charge in [-0.25, -0.2) is 0 Å². The Hall–Kier alpha value is -2.34. The van der Waals surface area contributed by atoms with Gasteiger partial charge in [-0.05, 0) is 37.5 Å². The van der Waals surface area contributed by atoms with Crippen LogP contribution in [0.3, 0.4) is 0 Å². The molecule has 2 N–H and O–H groups in total. The number of nitrogens with zero attached hydrogens (tertiary/aromatic N) is 2. The van der Waals surface area contributed by atoms with Gasteiger partial charge in [-0.2, -0.15) is 5.10 Å². The number of aromatic nitrogens is 2. The maximum atomic E-state index is 12.7. The second-order valence-electron chi connectivity index (χ2n) is 6.42. The quantitative estimate of drug-likeness (QED) is 0.809. The van der Waals surface area contributed by atoms with E-state index in [1.54, 1.807) is 49.2 Å². The molecule has 1 heterocycles. The average molecular weight is 345 g/mol. The van der Waals surface area contributed by atoms with E-state index in [9.17, 15) is 9.90 Å². The van der Waals surface area contributed by atoms with Crippen molar-refractivity contribution in [2.24, 2.45) is 0 Å². The van der Waals surface area contributed by atoms with Gasteiger partial charge in [-0.1, -0.05) is 26.0 Å². The summed E-state index contributed by atoms with van der Waals surface area (Å²) < 4.78 is 6.88. The smallest absolute Gasteiger partial charge is 0.255 e. The van der Waals surface area contributed by atoms with E-state index in [-0.39, 0.29) is 11.8 Å². The van der Waals surface area contributed by atoms with Gasteiger partial charge in [0.1, 0.15) is 5.75 Å². The van der Waals surface area contributed by atoms with Gasteiger partial charge < -0.3 is 15.2 Å². The predicted molar refractivity (Wildman–Crippen MR) is 96.9 cm³/mol. The molecule has 2 aromatic rings. The third kappa shape index (κ3) is 4.39. The zero-order valence-corrected chi connectivity index (χ0v) is 15.5. The van der Waals surface area contributed by atoms with Crippen LogP contribution in [-0.2, 0) is 6.54 Å². The number of aryl methyl sites for hydroxylation is 1. The highest BCUT2D eigenvalue weighted by Crippen LogP contribution is 2.22. The van der Waals surface area contributed by atoms with Crippen LogP contribution in [0.15, 0.2) is 30.5 Å². The zero-order chi connectivity index (χ0) is 18.6. The first-order valence-corrected chi connectivity index (χ1v) is 8.57. The first kappa shape index (κ1) is 19.0. The molecule has 136 valence electrons. The summed E-state index contributed by atoms with van der Waals surface area (Å²) in [6, 6.07) is 6.72. The minimum atomic E-state index is -0.807. The van der Waals surface area contributed by atoms with Gasteiger partial charge in [-0.3, -0.25) is 9.48 Å². The summed E-state index contributed by atoms with van der Waals surface area (Å²) in [7, 11) is 1.59. The van der Waals surface area contributed by atoms with Crippen LogP contribution in [0.5, 0.6) is 5.75 Å². The Morgan fingerprint density at radius 2 is 1.92 bits per heavy atom. The molecule has 0 spiro atoms. The first-order valence-electron chi connectivity index (χ1n) is 8.57. The molecule has 2 rings (SSSR count). The highest BCUT2D eigenvalue weighted by atomic mass is 16.5. The number of rotatable bonds is 7. The van der Waals surface area contributed by atoms with Crippen molar-refractivity contribution >= 4 is 5.91 Å². The monoisotopic (exact) mass is 345 g/mol. The van der Waals surface area contributed by atoms with Crippen LogP contribution in [0, 0.1) is 0 Å². The lowest BCUT2D eigenvalue weighted by Gasteiger charge is -2.21. The first-order chi connectivity index (χ1) is 11.9. The van der Waals surface area contributed by atoms with E-state index in [1.165, 1.54) is 0 Å². The van der Waals surface area contributed by atoms with Gasteiger partial charge in [0.05, 0.1) is 30.5 Å². The number of aliphatic hydroxyl groups is 1. The Labute approximate surface area is 148 Å². The molecule has 0 fully saturated rings. The normalized spacial score (nSPS) is 13.6. The van der Waals surface area contributed by atoms with Crippen LogP contribution >= 0.6 is 0 Å². The molecule has 0 radical (unpaired) electrons. The van der Waals surface area contributed by atoms with Gasteiger partial charge in [0.25, 0.3) is 5.91 Å². The highest BCUT2D eigenvalue weighted by Gasteiger charge is 2.23. The van der Waals surface area contributed by atoms with E-state index >= 15 is 0 Å². The number of methoxy groups -OCH3 is 1. The minimum Gasteiger partial charge on any atom is -0.497 e. The van der Waals surface area contributed by atoms with Crippen molar-refractivity contribution < 1.29 is 14.6 Å². The van der Waals surface area contributed by atoms with Crippen LogP contribution in [0.4, 0.5) is 0 Å². The zero-order valence-electron chi connectivity index (χ0n) is 15.5. The van der Waals surface area contributed by atoms with Crippen molar-refractivity contribution in [1.82, 2.24) is 15.1 Å². The number of hydrogen-bond acceptors (Lipinski definition) is 4. The number of carbonyl (C=O) groups excluding carboxylic acids is 1. The van der Waals surface area contributed by atoms with Gasteiger partial charge in [0.15, 0.2) is 0 Å². The number of benzene rings is 1. The van der Waals surface area contributed by atoms with Crippen LogP contribution < -0.4 is 10.1 Å². The summed E-state index contributed by atoms with van der Waals surface area (Å²) in [5, 5.41) is 17.8. The molecule has 1 aromatic carbocycles. The molecule has 6 heteroatoms. The molecular weight excluding hydrogens is 318 g/mol. The molecule has 0 aliphatic carbocycles. The Kier molecular flexibility index (Phi) is 6.20. The minimum absolute atomic E-state index is 0.148. The number of carbonyl (C=O) groups is 1. The maximum Gasteiger partial charge on any atom is 0.255 e. The molecule has 2 unspecified atom stereocenters. The van der Waals surface area contributed by atoms with E-state index < -0.39 is 12.1 Å². The number of aliphatic hydroxyl groups excluding tert-OH is 1. The third-order valence-electron chi connectivity index (χ3n) is 4.20. The largest absolute Gasteiger partial charge is 0.497 e. The van der Waals surface area contributed by atoms with Crippen molar-refractivity contribution in [3.8, 4) is 5.75 Å². The molecule has 0 saturated heterocycles. The fourth-order valence-electron chi connectivity index (χ4n) is 2.65. The van der Waals surface area contributed by atoms with E-state index in [2.05, 4.69) is 10.4 Å². The Bertz CT molecular complexity index is 707. The number of amides is 1. The summed E-state index contributed by atoms with van der Waals surface area (Å²) in [5.74, 6) is 0.653. The Morgan fingerprint density at radius 3 is 2.44 bits per heavy atom. The highest BCUT2D eigenvalue weighted by molar-refractivity contribution is 5.95. The molecular formula is C19H27N3O3. The SMILES string of the molecule is CCn1cc(C(=O)NC(C)C(O)c2ccc(OC)cc2)c(C(C)C)n1. The molecule has 25 heavy (non-hydrogen) atoms. The van der Waals surface area contributed by atoms with E-state index in [0.29, 0.717) is 12.1 Å². The van der Waals surface area contributed by atoms with Crippen LogP contribution in [0.25, 0.3) is 0 Å². The van der Waals surface area contributed by atoms with Crippen molar-refractivity contribution in [3.05, 3.63) is 47.3 Å². The lowest BCUT2D eigenvalue weighted by molar-refractivity contribution is 0.0850. The topological polar surface area (TPSA) is 76.4 Å². The summed E-state index contributed by atoms with van der Waals surface area (Å²) in [4.78, 5) is 12.7. The fraction of sp³-hybridized carbons (Fsp3) is 0.474. The third-order valence-corrected chi connectivity index (χ3v) is 4.20. The molecule has 1 amide bonds. The molecule has 1 aromatic heterocycles. The van der Waals surface area contributed by atoms with E-state index in [4.69, 9.17) is 4.74 Å². The number of ether oxygens (including phenoxy) is 1. The van der Waals surface area contributed by atoms with Gasteiger partial charge in [0.2, 0.25) is 0 Å². The summed E-state index contributed by atoms with van der Waals surface area (Å²) in [6.07, 6.45) is 0.954. The van der Waals surface area contributed by atoms with E-state index in [1.807, 2.05) is 20.8 Å². The Morgan fingerprint density at radius 1 is 1.28 bits per heavy atom. The predicted octanol–water partition coefficient (Wildman–Crippen LogP) is 2.89. The van der Waals surface area contributed by atoms with Gasteiger partial charge >= 0.3 is 0 Å². The molecule has 0 aliphatic rings. The van der Waals surface area contributed by atoms with Crippen LogP contribution in [-0.4, -0.2) is 33.9 Å². The average Bonchev–Trinajstić information content (AvgIpc) is 3.06. The fourth-order valence-corrected chi connectivity index (χ4v) is 2.65. The molecule has 6 nitrogen and oxygen atoms in total. The van der Waals surface area contributed by atoms with Crippen LogP contribution in [0.1, 0.15) is 61.3 Å². The van der Waals surface area contributed by atoms with Crippen molar-refractivity contribution in [2.45, 2.75) is 52.3 Å². The van der Waals surface area contributed by atoms with E-state index in [0.717, 1.165) is 17.0 Å². The number of nitrogens with one attached hydrogen (secondary N) is 1. The van der Waals surface area contributed by atoms with Gasteiger partial charge in [0, 0.05) is 12.7 Å². The standard InChI is InChI=1S/C19H27N3O3/c1-6-22-11-16(17(21-22)12(2)3)19(24)20-13(4)18(23)14-7-9-15(25-5)10-8-14/h7-13,18,23H,6H2,1-5H3,(H,20,24). The molecule has 0 bridgehead atoms. The number of hydrogen-bond donors (Lipinski definition) is 2.